The molecule has 0 saturated carbocycles. The number of hydrogen-bond acceptors (Lipinski definition) is 4. The van der Waals surface area contributed by atoms with Crippen molar-refractivity contribution in [2.75, 3.05) is 47.4 Å². The molecule has 0 aromatic heterocycles. The number of ether oxygens (including phenoxy) is 1. The molecule has 1 heterocycles. The maximum Gasteiger partial charge on any atom is 0.233 e. The Morgan fingerprint density at radius 2 is 2.05 bits per heavy atom. The van der Waals surface area contributed by atoms with E-state index < -0.39 is 0 Å². The number of rotatable bonds is 4. The van der Waals surface area contributed by atoms with E-state index in [1.54, 1.807) is 14.2 Å². The molecule has 0 aliphatic carbocycles. The van der Waals surface area contributed by atoms with Crippen LogP contribution in [0.25, 0.3) is 0 Å². The van der Waals surface area contributed by atoms with Crippen molar-refractivity contribution in [3.8, 4) is 5.75 Å². The third-order valence-corrected chi connectivity index (χ3v) is 3.88. The summed E-state index contributed by atoms with van der Waals surface area (Å²) in [6, 6.07) is 8.49. The van der Waals surface area contributed by atoms with Gasteiger partial charge in [-0.25, -0.2) is 0 Å². The van der Waals surface area contributed by atoms with Crippen LogP contribution < -0.4 is 10.1 Å². The Kier molecular flexibility index (Phi) is 4.98. The first-order valence-electron chi connectivity index (χ1n) is 6.91. The van der Waals surface area contributed by atoms with Gasteiger partial charge in [0.1, 0.15) is 5.75 Å². The summed E-state index contributed by atoms with van der Waals surface area (Å²) in [5, 5.41) is 2.68. The van der Waals surface area contributed by atoms with Gasteiger partial charge in [-0.1, -0.05) is 12.1 Å². The van der Waals surface area contributed by atoms with Crippen molar-refractivity contribution in [2.45, 2.75) is 6.04 Å². The molecule has 1 aromatic rings. The lowest BCUT2D eigenvalue weighted by atomic mass is 10.0. The first-order chi connectivity index (χ1) is 9.63. The van der Waals surface area contributed by atoms with Crippen LogP contribution >= 0.6 is 0 Å². The number of piperazine rings is 1. The molecule has 110 valence electrons. The number of methoxy groups -OCH3 is 1. The van der Waals surface area contributed by atoms with Gasteiger partial charge in [0.05, 0.1) is 13.7 Å². The summed E-state index contributed by atoms with van der Waals surface area (Å²) in [5.74, 6) is 0.942. The van der Waals surface area contributed by atoms with Gasteiger partial charge in [0.15, 0.2) is 0 Å². The van der Waals surface area contributed by atoms with Gasteiger partial charge in [-0.2, -0.15) is 0 Å². The highest BCUT2D eigenvalue weighted by Gasteiger charge is 2.26. The maximum absolute atomic E-state index is 11.5. The Morgan fingerprint density at radius 3 is 2.65 bits per heavy atom. The van der Waals surface area contributed by atoms with Gasteiger partial charge in [0.2, 0.25) is 5.91 Å². The summed E-state index contributed by atoms with van der Waals surface area (Å²) >= 11 is 0. The molecule has 0 unspecified atom stereocenters. The zero-order valence-corrected chi connectivity index (χ0v) is 12.4. The predicted molar refractivity (Wildman–Crippen MR) is 78.9 cm³/mol. The monoisotopic (exact) mass is 277 g/mol. The molecule has 2 rings (SSSR count). The molecule has 5 nitrogen and oxygen atoms in total. The highest BCUT2D eigenvalue weighted by atomic mass is 16.5. The molecule has 0 spiro atoms. The fraction of sp³-hybridized carbons (Fsp3) is 0.533. The SMILES string of the molecule is CNC(=O)CN1CCN(C)[C@@H](c2ccc(OC)cc2)C1. The number of nitrogens with one attached hydrogen (secondary N) is 1. The highest BCUT2D eigenvalue weighted by Crippen LogP contribution is 2.25. The van der Waals surface area contributed by atoms with E-state index in [0.29, 0.717) is 12.6 Å². The molecule has 1 atom stereocenters. The smallest absolute Gasteiger partial charge is 0.233 e. The molecular formula is C15H23N3O2. The Balaban J connectivity index is 2.05. The van der Waals surface area contributed by atoms with Crippen molar-refractivity contribution in [1.29, 1.82) is 0 Å². The minimum absolute atomic E-state index is 0.0723. The second kappa shape index (κ2) is 6.72. The van der Waals surface area contributed by atoms with E-state index in [4.69, 9.17) is 4.74 Å². The van der Waals surface area contributed by atoms with Gasteiger partial charge >= 0.3 is 0 Å². The van der Waals surface area contributed by atoms with Crippen molar-refractivity contribution < 1.29 is 9.53 Å². The third kappa shape index (κ3) is 3.49. The fourth-order valence-electron chi connectivity index (χ4n) is 2.54. The van der Waals surface area contributed by atoms with Gasteiger partial charge in [-0.3, -0.25) is 14.6 Å². The van der Waals surface area contributed by atoms with E-state index in [-0.39, 0.29) is 5.91 Å². The lowest BCUT2D eigenvalue weighted by Crippen LogP contribution is -2.49. The standard InChI is InChI=1S/C15H23N3O2/c1-16-15(19)11-18-9-8-17(2)14(10-18)12-4-6-13(20-3)7-5-12/h4-7,14H,8-11H2,1-3H3,(H,16,19)/t14-/m1/s1. The van der Waals surface area contributed by atoms with Crippen LogP contribution in [0.15, 0.2) is 24.3 Å². The first-order valence-corrected chi connectivity index (χ1v) is 6.91. The number of hydrogen-bond donors (Lipinski definition) is 1. The molecule has 20 heavy (non-hydrogen) atoms. The zero-order chi connectivity index (χ0) is 14.5. The lowest BCUT2D eigenvalue weighted by Gasteiger charge is -2.39. The number of nitrogens with zero attached hydrogens (tertiary/aromatic N) is 2. The van der Waals surface area contributed by atoms with Crippen molar-refractivity contribution in [3.05, 3.63) is 29.8 Å². The topological polar surface area (TPSA) is 44.8 Å². The summed E-state index contributed by atoms with van der Waals surface area (Å²) < 4.78 is 5.19. The number of likely N-dealkylation sites (N-methyl/N-ethyl adjacent to an activating group) is 2. The molecule has 0 bridgehead atoms. The van der Waals surface area contributed by atoms with Gasteiger partial charge in [0.25, 0.3) is 0 Å². The van der Waals surface area contributed by atoms with Crippen molar-refractivity contribution in [2.24, 2.45) is 0 Å². The Hall–Kier alpha value is -1.59. The molecule has 1 amide bonds. The average molecular weight is 277 g/mol. The van der Waals surface area contributed by atoms with E-state index in [2.05, 4.69) is 34.3 Å². The minimum Gasteiger partial charge on any atom is -0.497 e. The molecule has 5 heteroatoms. The highest BCUT2D eigenvalue weighted by molar-refractivity contribution is 5.77. The Labute approximate surface area is 120 Å². The van der Waals surface area contributed by atoms with Crippen molar-refractivity contribution in [1.82, 2.24) is 15.1 Å². The predicted octanol–water partition coefficient (Wildman–Crippen LogP) is 0.730. The largest absolute Gasteiger partial charge is 0.497 e. The van der Waals surface area contributed by atoms with Crippen LogP contribution in [0.3, 0.4) is 0 Å². The molecule has 1 N–H and O–H groups in total. The van der Waals surface area contributed by atoms with Crippen LogP contribution in [0.5, 0.6) is 5.75 Å². The van der Waals surface area contributed by atoms with Crippen molar-refractivity contribution >= 4 is 5.91 Å². The van der Waals surface area contributed by atoms with Crippen LogP contribution in [0, 0.1) is 0 Å². The van der Waals surface area contributed by atoms with E-state index in [9.17, 15) is 4.79 Å². The minimum atomic E-state index is 0.0723. The Morgan fingerprint density at radius 1 is 1.35 bits per heavy atom. The van der Waals surface area contributed by atoms with Crippen LogP contribution in [-0.2, 0) is 4.79 Å². The van der Waals surface area contributed by atoms with Gasteiger partial charge < -0.3 is 10.1 Å². The summed E-state index contributed by atoms with van der Waals surface area (Å²) in [4.78, 5) is 16.0. The number of benzene rings is 1. The molecule has 1 fully saturated rings. The summed E-state index contributed by atoms with van der Waals surface area (Å²) in [6.07, 6.45) is 0. The normalized spacial score (nSPS) is 20.6. The van der Waals surface area contributed by atoms with E-state index in [1.165, 1.54) is 5.56 Å². The molecule has 1 aromatic carbocycles. The second-order valence-corrected chi connectivity index (χ2v) is 5.18. The summed E-state index contributed by atoms with van der Waals surface area (Å²) in [5.41, 5.74) is 1.26. The van der Waals surface area contributed by atoms with Crippen molar-refractivity contribution in [3.63, 3.8) is 0 Å². The second-order valence-electron chi connectivity index (χ2n) is 5.18. The molecule has 0 radical (unpaired) electrons. The number of carbonyl (C=O) groups is 1. The first kappa shape index (κ1) is 14.8. The maximum atomic E-state index is 11.5. The summed E-state index contributed by atoms with van der Waals surface area (Å²) in [6.45, 7) is 3.23. The van der Waals surface area contributed by atoms with E-state index >= 15 is 0 Å². The lowest BCUT2D eigenvalue weighted by molar-refractivity contribution is -0.122. The molecule has 1 aliphatic rings. The molecule has 1 aliphatic heterocycles. The fourth-order valence-corrected chi connectivity index (χ4v) is 2.54. The zero-order valence-electron chi connectivity index (χ0n) is 12.4. The van der Waals surface area contributed by atoms with Crippen LogP contribution in [0.1, 0.15) is 11.6 Å². The summed E-state index contributed by atoms with van der Waals surface area (Å²) in [7, 11) is 5.48. The third-order valence-electron chi connectivity index (χ3n) is 3.88. The van der Waals surface area contributed by atoms with E-state index in [1.807, 2.05) is 12.1 Å². The van der Waals surface area contributed by atoms with Gasteiger partial charge in [0, 0.05) is 32.7 Å². The molecular weight excluding hydrogens is 254 g/mol. The van der Waals surface area contributed by atoms with Crippen LogP contribution in [0.4, 0.5) is 0 Å². The Bertz CT molecular complexity index is 447. The number of amides is 1. The van der Waals surface area contributed by atoms with Crippen LogP contribution in [0.2, 0.25) is 0 Å². The van der Waals surface area contributed by atoms with E-state index in [0.717, 1.165) is 25.4 Å². The average Bonchev–Trinajstić information content (AvgIpc) is 2.49. The quantitative estimate of drug-likeness (QED) is 0.881. The van der Waals surface area contributed by atoms with Crippen LogP contribution in [-0.4, -0.2) is 63.1 Å². The van der Waals surface area contributed by atoms with Gasteiger partial charge in [-0.05, 0) is 24.7 Å². The number of carbonyl (C=O) groups excluding carboxylic acids is 1. The van der Waals surface area contributed by atoms with Gasteiger partial charge in [-0.15, -0.1) is 0 Å². The molecule has 1 saturated heterocycles.